The maximum Gasteiger partial charge on any atom is 0.225 e. The van der Waals surface area contributed by atoms with Crippen molar-refractivity contribution in [2.24, 2.45) is 0 Å². The lowest BCUT2D eigenvalue weighted by atomic mass is 10.2. The third kappa shape index (κ3) is 3.29. The van der Waals surface area contributed by atoms with Gasteiger partial charge in [0.15, 0.2) is 5.13 Å². The highest BCUT2D eigenvalue weighted by molar-refractivity contribution is 7.22. The number of carbonyl (C=O) groups excluding carboxylic acids is 1. The molecule has 0 aliphatic rings. The molecule has 0 aliphatic carbocycles. The Hall–Kier alpha value is -1.17. The second-order valence-corrected chi connectivity index (χ2v) is 6.49. The molecule has 2 rings (SSSR count). The van der Waals surface area contributed by atoms with Crippen molar-refractivity contribution in [3.63, 3.8) is 0 Å². The summed E-state index contributed by atoms with van der Waals surface area (Å²) in [4.78, 5) is 20.2. The van der Waals surface area contributed by atoms with Gasteiger partial charge in [-0.2, -0.15) is 0 Å². The zero-order chi connectivity index (χ0) is 14.9. The first-order valence-corrected chi connectivity index (χ1v) is 7.57. The molecule has 0 saturated carbocycles. The molecular formula is C14H18ClN3OS. The molecule has 1 aromatic carbocycles. The van der Waals surface area contributed by atoms with Gasteiger partial charge in [0.25, 0.3) is 0 Å². The number of rotatable bonds is 4. The van der Waals surface area contributed by atoms with E-state index in [1.54, 1.807) is 11.8 Å². The van der Waals surface area contributed by atoms with E-state index in [0.29, 0.717) is 11.6 Å². The smallest absolute Gasteiger partial charge is 0.225 e. The van der Waals surface area contributed by atoms with Crippen molar-refractivity contribution in [2.75, 3.05) is 32.1 Å². The van der Waals surface area contributed by atoms with Crippen LogP contribution in [-0.4, -0.2) is 43.0 Å². The van der Waals surface area contributed by atoms with Gasteiger partial charge in [0.1, 0.15) is 0 Å². The third-order valence-corrected chi connectivity index (χ3v) is 4.26. The van der Waals surface area contributed by atoms with Gasteiger partial charge in [0.05, 0.1) is 10.2 Å². The Morgan fingerprint density at radius 3 is 2.65 bits per heavy atom. The van der Waals surface area contributed by atoms with Gasteiger partial charge in [-0.15, -0.1) is 0 Å². The molecule has 0 bridgehead atoms. The van der Waals surface area contributed by atoms with Crippen LogP contribution in [0.15, 0.2) is 12.1 Å². The predicted octanol–water partition coefficient (Wildman–Crippen LogP) is 3.17. The average molecular weight is 312 g/mol. The summed E-state index contributed by atoms with van der Waals surface area (Å²) < 4.78 is 1.01. The molecule has 2 aromatic rings. The van der Waals surface area contributed by atoms with Crippen molar-refractivity contribution in [3.05, 3.63) is 22.7 Å². The number of hydrogen-bond acceptors (Lipinski definition) is 4. The van der Waals surface area contributed by atoms with Crippen molar-refractivity contribution in [3.8, 4) is 0 Å². The summed E-state index contributed by atoms with van der Waals surface area (Å²) in [5.74, 6) is 0.00894. The van der Waals surface area contributed by atoms with Gasteiger partial charge < -0.3 is 4.90 Å². The molecule has 0 spiro atoms. The van der Waals surface area contributed by atoms with Crippen LogP contribution in [0.3, 0.4) is 0 Å². The summed E-state index contributed by atoms with van der Waals surface area (Å²) in [7, 11) is 3.97. The SMILES string of the molecule is CC(=O)N(CCN(C)C)c1nc2c(C)cc(Cl)cc2s1. The van der Waals surface area contributed by atoms with Crippen LogP contribution in [0.5, 0.6) is 0 Å². The number of benzene rings is 1. The fourth-order valence-corrected chi connectivity index (χ4v) is 3.44. The lowest BCUT2D eigenvalue weighted by Crippen LogP contribution is -2.35. The van der Waals surface area contributed by atoms with Crippen LogP contribution in [0.1, 0.15) is 12.5 Å². The average Bonchev–Trinajstić information content (AvgIpc) is 2.72. The predicted molar refractivity (Wildman–Crippen MR) is 85.9 cm³/mol. The fraction of sp³-hybridized carbons (Fsp3) is 0.429. The summed E-state index contributed by atoms with van der Waals surface area (Å²) in [6.45, 7) is 4.99. The minimum atomic E-state index is 0.00894. The Labute approximate surface area is 128 Å². The molecule has 1 aromatic heterocycles. The minimum Gasteiger partial charge on any atom is -0.308 e. The number of likely N-dealkylation sites (N-methyl/N-ethyl adjacent to an activating group) is 1. The Morgan fingerprint density at radius 1 is 1.35 bits per heavy atom. The molecule has 6 heteroatoms. The van der Waals surface area contributed by atoms with Gasteiger partial charge in [-0.1, -0.05) is 22.9 Å². The molecule has 0 radical (unpaired) electrons. The number of aryl methyl sites for hydroxylation is 1. The van der Waals surface area contributed by atoms with E-state index in [0.717, 1.165) is 27.5 Å². The van der Waals surface area contributed by atoms with Crippen LogP contribution >= 0.6 is 22.9 Å². The molecule has 0 unspecified atom stereocenters. The minimum absolute atomic E-state index is 0.00894. The fourth-order valence-electron chi connectivity index (χ4n) is 1.95. The molecule has 0 aliphatic heterocycles. The molecule has 20 heavy (non-hydrogen) atoms. The van der Waals surface area contributed by atoms with E-state index >= 15 is 0 Å². The van der Waals surface area contributed by atoms with Crippen molar-refractivity contribution in [1.82, 2.24) is 9.88 Å². The maximum atomic E-state index is 11.8. The van der Waals surface area contributed by atoms with E-state index in [1.165, 1.54) is 11.3 Å². The highest BCUT2D eigenvalue weighted by atomic mass is 35.5. The van der Waals surface area contributed by atoms with Crippen molar-refractivity contribution >= 4 is 44.2 Å². The number of amides is 1. The van der Waals surface area contributed by atoms with Crippen LogP contribution in [0, 0.1) is 6.92 Å². The highest BCUT2D eigenvalue weighted by Crippen LogP contribution is 2.32. The molecule has 0 atom stereocenters. The van der Waals surface area contributed by atoms with Gasteiger partial charge in [-0.25, -0.2) is 4.98 Å². The molecule has 0 saturated heterocycles. The second-order valence-electron chi connectivity index (χ2n) is 5.04. The largest absolute Gasteiger partial charge is 0.308 e. The van der Waals surface area contributed by atoms with Crippen LogP contribution < -0.4 is 4.90 Å². The van der Waals surface area contributed by atoms with Crippen LogP contribution in [0.25, 0.3) is 10.2 Å². The van der Waals surface area contributed by atoms with Crippen molar-refractivity contribution in [2.45, 2.75) is 13.8 Å². The lowest BCUT2D eigenvalue weighted by molar-refractivity contribution is -0.116. The first kappa shape index (κ1) is 15.2. The van der Waals surface area contributed by atoms with Gasteiger partial charge in [0.2, 0.25) is 5.91 Å². The number of halogens is 1. The van der Waals surface area contributed by atoms with Crippen LogP contribution in [0.2, 0.25) is 5.02 Å². The number of fused-ring (bicyclic) bond motifs is 1. The van der Waals surface area contributed by atoms with Gasteiger partial charge in [0, 0.05) is 25.0 Å². The quantitative estimate of drug-likeness (QED) is 0.870. The van der Waals surface area contributed by atoms with E-state index < -0.39 is 0 Å². The molecule has 1 heterocycles. The van der Waals surface area contributed by atoms with Crippen LogP contribution in [0.4, 0.5) is 5.13 Å². The summed E-state index contributed by atoms with van der Waals surface area (Å²) in [5.41, 5.74) is 1.96. The summed E-state index contributed by atoms with van der Waals surface area (Å²) in [6.07, 6.45) is 0. The van der Waals surface area contributed by atoms with Gasteiger partial charge in [-0.05, 0) is 38.7 Å². The zero-order valence-electron chi connectivity index (χ0n) is 12.1. The number of aromatic nitrogens is 1. The Bertz CT molecular complexity index is 639. The molecular weight excluding hydrogens is 294 g/mol. The zero-order valence-corrected chi connectivity index (χ0v) is 13.7. The first-order chi connectivity index (χ1) is 9.38. The summed E-state index contributed by atoms with van der Waals surface area (Å²) in [5, 5.41) is 1.44. The standard InChI is InChI=1S/C14H18ClN3OS/c1-9-7-11(15)8-12-13(9)16-14(20-12)18(10(2)19)6-5-17(3)4/h7-8H,5-6H2,1-4H3. The van der Waals surface area contributed by atoms with E-state index in [9.17, 15) is 4.79 Å². The number of anilines is 1. The normalized spacial score (nSPS) is 11.3. The van der Waals surface area contributed by atoms with E-state index in [4.69, 9.17) is 11.6 Å². The van der Waals surface area contributed by atoms with E-state index in [1.807, 2.05) is 38.1 Å². The number of carbonyl (C=O) groups is 1. The number of nitrogens with zero attached hydrogens (tertiary/aromatic N) is 3. The van der Waals surface area contributed by atoms with Crippen molar-refractivity contribution < 1.29 is 4.79 Å². The molecule has 108 valence electrons. The van der Waals surface area contributed by atoms with Gasteiger partial charge >= 0.3 is 0 Å². The Morgan fingerprint density at radius 2 is 2.05 bits per heavy atom. The number of thiazole rings is 1. The summed E-state index contributed by atoms with van der Waals surface area (Å²) in [6, 6.07) is 3.79. The molecule has 0 fully saturated rings. The maximum absolute atomic E-state index is 11.8. The molecule has 4 nitrogen and oxygen atoms in total. The molecule has 0 N–H and O–H groups in total. The topological polar surface area (TPSA) is 36.4 Å². The summed E-state index contributed by atoms with van der Waals surface area (Å²) >= 11 is 7.57. The molecule has 1 amide bonds. The van der Waals surface area contributed by atoms with E-state index in [2.05, 4.69) is 4.98 Å². The lowest BCUT2D eigenvalue weighted by Gasteiger charge is -2.20. The number of hydrogen-bond donors (Lipinski definition) is 0. The van der Waals surface area contributed by atoms with Gasteiger partial charge in [-0.3, -0.25) is 9.69 Å². The second kappa shape index (κ2) is 6.08. The first-order valence-electron chi connectivity index (χ1n) is 6.38. The Balaban J connectivity index is 2.38. The van der Waals surface area contributed by atoms with Crippen LogP contribution in [-0.2, 0) is 4.79 Å². The third-order valence-electron chi connectivity index (χ3n) is 3.02. The monoisotopic (exact) mass is 311 g/mol. The Kier molecular flexibility index (Phi) is 4.62. The van der Waals surface area contributed by atoms with E-state index in [-0.39, 0.29) is 5.91 Å². The van der Waals surface area contributed by atoms with Crippen molar-refractivity contribution in [1.29, 1.82) is 0 Å². The highest BCUT2D eigenvalue weighted by Gasteiger charge is 2.17.